The Hall–Kier alpha value is -3.97. The molecule has 2 aromatic heterocycles. The van der Waals surface area contributed by atoms with Crippen molar-refractivity contribution in [2.45, 2.75) is 32.9 Å². The number of hydrogen-bond acceptors (Lipinski definition) is 3. The first-order valence-electron chi connectivity index (χ1n) is 11.5. The maximum atomic E-state index is 12.0. The minimum Gasteiger partial charge on any atom is -0.478 e. The number of hydrogen-bond donors (Lipinski definition) is 2. The Morgan fingerprint density at radius 2 is 1.71 bits per heavy atom. The molecular formula is C28H26N4O2S. The summed E-state index contributed by atoms with van der Waals surface area (Å²) in [5, 5.41) is 13.9. The summed E-state index contributed by atoms with van der Waals surface area (Å²) in [7, 11) is 0. The van der Waals surface area contributed by atoms with Gasteiger partial charge in [-0.3, -0.25) is 4.98 Å². The zero-order chi connectivity index (χ0) is 24.7. The van der Waals surface area contributed by atoms with E-state index in [1.165, 1.54) is 5.56 Å². The maximum Gasteiger partial charge on any atom is 0.337 e. The molecule has 6 nitrogen and oxygen atoms in total. The van der Waals surface area contributed by atoms with Gasteiger partial charge in [-0.1, -0.05) is 35.9 Å². The standard InChI is InChI=1S/C28H26N4O2S/c1-17-11-13-20(14-12-17)32-26(25(30-28(32)35)23-9-6-7-15-29-23)22-16-18(2)31(19(22)3)24-10-5-4-8-21(24)27(33)34/h4-16,25-26H,1-3H3,(H,30,35)(H,33,34)/t25-,26-/m0/s1. The molecule has 5 rings (SSSR count). The van der Waals surface area contributed by atoms with Gasteiger partial charge in [-0.15, -0.1) is 0 Å². The molecule has 7 heteroatoms. The fourth-order valence-corrected chi connectivity index (χ4v) is 5.31. The first kappa shape index (κ1) is 22.8. The number of anilines is 1. The lowest BCUT2D eigenvalue weighted by atomic mass is 9.96. The van der Waals surface area contributed by atoms with Crippen molar-refractivity contribution < 1.29 is 9.90 Å². The van der Waals surface area contributed by atoms with E-state index in [1.54, 1.807) is 18.3 Å². The van der Waals surface area contributed by atoms with E-state index in [-0.39, 0.29) is 17.6 Å². The topological polar surface area (TPSA) is 70.4 Å². The SMILES string of the molecule is Cc1ccc(N2C(=S)N[C@@H](c3ccccn3)[C@@H]2c2cc(C)n(-c3ccccc3C(=O)O)c2C)cc1. The summed E-state index contributed by atoms with van der Waals surface area (Å²) in [6.07, 6.45) is 1.79. The van der Waals surface area contributed by atoms with Gasteiger partial charge in [0.05, 0.1) is 29.0 Å². The number of thiocarbonyl (C=S) groups is 1. The van der Waals surface area contributed by atoms with E-state index >= 15 is 0 Å². The number of aromatic nitrogens is 2. The van der Waals surface area contributed by atoms with E-state index in [4.69, 9.17) is 12.2 Å². The quantitative estimate of drug-likeness (QED) is 0.357. The molecule has 0 spiro atoms. The van der Waals surface area contributed by atoms with Gasteiger partial charge >= 0.3 is 5.97 Å². The number of aromatic carboxylic acids is 1. The third-order valence-corrected chi connectivity index (χ3v) is 6.89. The molecule has 2 aromatic carbocycles. The van der Waals surface area contributed by atoms with Crippen LogP contribution in [0.3, 0.4) is 0 Å². The number of rotatable bonds is 5. The van der Waals surface area contributed by atoms with E-state index in [0.29, 0.717) is 10.8 Å². The van der Waals surface area contributed by atoms with Crippen LogP contribution in [0.25, 0.3) is 5.69 Å². The highest BCUT2D eigenvalue weighted by atomic mass is 32.1. The van der Waals surface area contributed by atoms with Crippen LogP contribution in [-0.2, 0) is 0 Å². The predicted molar refractivity (Wildman–Crippen MR) is 141 cm³/mol. The summed E-state index contributed by atoms with van der Waals surface area (Å²) in [6, 6.07) is 23.1. The van der Waals surface area contributed by atoms with Crippen molar-refractivity contribution in [2.24, 2.45) is 0 Å². The average molecular weight is 483 g/mol. The molecule has 4 aromatic rings. The molecule has 1 saturated heterocycles. The van der Waals surface area contributed by atoms with Gasteiger partial charge in [0, 0.05) is 23.3 Å². The van der Waals surface area contributed by atoms with Crippen LogP contribution in [0.5, 0.6) is 0 Å². The molecule has 0 aliphatic carbocycles. The second-order valence-corrected chi connectivity index (χ2v) is 9.20. The fraction of sp³-hybridized carbons (Fsp3) is 0.179. The van der Waals surface area contributed by atoms with Crippen LogP contribution >= 0.6 is 12.2 Å². The monoisotopic (exact) mass is 482 g/mol. The number of nitrogens with one attached hydrogen (secondary N) is 1. The highest BCUT2D eigenvalue weighted by Gasteiger charge is 2.42. The molecule has 0 unspecified atom stereocenters. The first-order valence-corrected chi connectivity index (χ1v) is 11.9. The number of carboxylic acids is 1. The highest BCUT2D eigenvalue weighted by Crippen LogP contribution is 2.43. The molecule has 0 amide bonds. The van der Waals surface area contributed by atoms with Crippen LogP contribution < -0.4 is 10.2 Å². The number of carboxylic acid groups (broad SMARTS) is 1. The van der Waals surface area contributed by atoms with Crippen molar-refractivity contribution in [1.82, 2.24) is 14.9 Å². The van der Waals surface area contributed by atoms with Crippen molar-refractivity contribution in [3.63, 3.8) is 0 Å². The van der Waals surface area contributed by atoms with Gasteiger partial charge in [0.1, 0.15) is 0 Å². The van der Waals surface area contributed by atoms with Gasteiger partial charge < -0.3 is 19.9 Å². The van der Waals surface area contributed by atoms with E-state index in [9.17, 15) is 9.90 Å². The van der Waals surface area contributed by atoms with Gasteiger partial charge in [0.2, 0.25) is 0 Å². The second-order valence-electron chi connectivity index (χ2n) is 8.82. The molecule has 176 valence electrons. The lowest BCUT2D eigenvalue weighted by molar-refractivity contribution is 0.0697. The highest BCUT2D eigenvalue weighted by molar-refractivity contribution is 7.80. The molecular weight excluding hydrogens is 456 g/mol. The Morgan fingerprint density at radius 3 is 2.40 bits per heavy atom. The summed E-state index contributed by atoms with van der Waals surface area (Å²) in [4.78, 5) is 18.7. The number of aryl methyl sites for hydroxylation is 2. The third-order valence-electron chi connectivity index (χ3n) is 6.57. The zero-order valence-electron chi connectivity index (χ0n) is 19.8. The Kier molecular flexibility index (Phi) is 5.86. The summed E-state index contributed by atoms with van der Waals surface area (Å²) >= 11 is 5.84. The van der Waals surface area contributed by atoms with Crippen LogP contribution in [0, 0.1) is 20.8 Å². The summed E-state index contributed by atoms with van der Waals surface area (Å²) in [6.45, 7) is 6.10. The van der Waals surface area contributed by atoms with Crippen molar-refractivity contribution in [2.75, 3.05) is 4.90 Å². The van der Waals surface area contributed by atoms with E-state index in [1.807, 2.05) is 48.7 Å². The molecule has 0 radical (unpaired) electrons. The van der Waals surface area contributed by atoms with Crippen molar-refractivity contribution in [1.29, 1.82) is 0 Å². The second kappa shape index (κ2) is 9.00. The lowest BCUT2D eigenvalue weighted by Gasteiger charge is -2.28. The van der Waals surface area contributed by atoms with Gasteiger partial charge in [0.15, 0.2) is 5.11 Å². The Labute approximate surface area is 209 Å². The molecule has 1 fully saturated rings. The fourth-order valence-electron chi connectivity index (χ4n) is 4.96. The molecule has 2 atom stereocenters. The van der Waals surface area contributed by atoms with Crippen LogP contribution in [-0.4, -0.2) is 25.7 Å². The predicted octanol–water partition coefficient (Wildman–Crippen LogP) is 5.67. The summed E-state index contributed by atoms with van der Waals surface area (Å²) in [5.74, 6) is -0.953. The van der Waals surface area contributed by atoms with E-state index < -0.39 is 5.97 Å². The van der Waals surface area contributed by atoms with Crippen LogP contribution in [0.2, 0.25) is 0 Å². The third kappa shape index (κ3) is 3.98. The van der Waals surface area contributed by atoms with Crippen molar-refractivity contribution in [3.8, 4) is 5.69 Å². The number of nitrogens with zero attached hydrogens (tertiary/aromatic N) is 3. The van der Waals surface area contributed by atoms with Gasteiger partial charge in [-0.2, -0.15) is 0 Å². The molecule has 1 aliphatic rings. The summed E-state index contributed by atoms with van der Waals surface area (Å²) < 4.78 is 2.02. The average Bonchev–Trinajstić information content (AvgIpc) is 3.35. The molecule has 0 saturated carbocycles. The summed E-state index contributed by atoms with van der Waals surface area (Å²) in [5.41, 5.74) is 6.94. The first-order chi connectivity index (χ1) is 16.9. The minimum atomic E-state index is -0.953. The van der Waals surface area contributed by atoms with Gasteiger partial charge in [-0.05, 0) is 81.0 Å². The molecule has 2 N–H and O–H groups in total. The largest absolute Gasteiger partial charge is 0.478 e. The Balaban J connectivity index is 1.70. The lowest BCUT2D eigenvalue weighted by Crippen LogP contribution is -2.29. The van der Waals surface area contributed by atoms with Crippen LogP contribution in [0.4, 0.5) is 5.69 Å². The molecule has 35 heavy (non-hydrogen) atoms. The van der Waals surface area contributed by atoms with Gasteiger partial charge in [-0.25, -0.2) is 4.79 Å². The normalized spacial score (nSPS) is 17.5. The van der Waals surface area contributed by atoms with Crippen LogP contribution in [0.15, 0.2) is 79.0 Å². The zero-order valence-corrected chi connectivity index (χ0v) is 20.6. The molecule has 0 bridgehead atoms. The Morgan fingerprint density at radius 1 is 1.00 bits per heavy atom. The number of pyridine rings is 1. The molecule has 3 heterocycles. The van der Waals surface area contributed by atoms with Crippen molar-refractivity contribution in [3.05, 3.63) is 113 Å². The maximum absolute atomic E-state index is 12.0. The van der Waals surface area contributed by atoms with Crippen LogP contribution in [0.1, 0.15) is 50.7 Å². The van der Waals surface area contributed by atoms with Gasteiger partial charge in [0.25, 0.3) is 0 Å². The minimum absolute atomic E-state index is 0.169. The van der Waals surface area contributed by atoms with E-state index in [0.717, 1.165) is 28.3 Å². The smallest absolute Gasteiger partial charge is 0.337 e. The number of benzene rings is 2. The van der Waals surface area contributed by atoms with Crippen molar-refractivity contribution >= 4 is 29.0 Å². The number of carbonyl (C=O) groups is 1. The molecule has 1 aliphatic heterocycles. The number of para-hydroxylation sites is 1. The Bertz CT molecular complexity index is 1410. The van der Waals surface area contributed by atoms with E-state index in [2.05, 4.69) is 52.5 Å².